The number of anilines is 1. The van der Waals surface area contributed by atoms with E-state index in [-0.39, 0.29) is 5.75 Å². The van der Waals surface area contributed by atoms with E-state index in [1.165, 1.54) is 0 Å². The quantitative estimate of drug-likeness (QED) is 0.707. The van der Waals surface area contributed by atoms with Crippen LogP contribution in [-0.4, -0.2) is 30.1 Å². The fourth-order valence-electron chi connectivity index (χ4n) is 1.64. The normalized spacial score (nSPS) is 10.7. The Bertz CT molecular complexity index is 680. The SMILES string of the molecule is Oc1ccccc1CNc1cncc2nnnn12. The summed E-state index contributed by atoms with van der Waals surface area (Å²) in [7, 11) is 0. The molecule has 0 fully saturated rings. The summed E-state index contributed by atoms with van der Waals surface area (Å²) in [5, 5.41) is 24.0. The van der Waals surface area contributed by atoms with Gasteiger partial charge in [-0.2, -0.15) is 4.52 Å². The zero-order chi connectivity index (χ0) is 12.4. The first-order chi connectivity index (χ1) is 8.84. The Balaban J connectivity index is 1.85. The zero-order valence-corrected chi connectivity index (χ0v) is 9.35. The minimum absolute atomic E-state index is 0.252. The number of aromatic nitrogens is 5. The predicted octanol–water partition coefficient (Wildman–Crippen LogP) is 0.837. The Labute approximate surface area is 102 Å². The molecular formula is C11H10N6O. The van der Waals surface area contributed by atoms with Crippen LogP contribution in [-0.2, 0) is 6.54 Å². The van der Waals surface area contributed by atoms with Gasteiger partial charge in [0.05, 0.1) is 12.4 Å². The number of para-hydroxylation sites is 1. The van der Waals surface area contributed by atoms with Gasteiger partial charge in [-0.15, -0.1) is 5.10 Å². The lowest BCUT2D eigenvalue weighted by Gasteiger charge is -2.07. The summed E-state index contributed by atoms with van der Waals surface area (Å²) in [5.41, 5.74) is 1.36. The van der Waals surface area contributed by atoms with Crippen molar-refractivity contribution in [3.8, 4) is 5.75 Å². The molecule has 7 heteroatoms. The van der Waals surface area contributed by atoms with Gasteiger partial charge in [0.25, 0.3) is 0 Å². The Kier molecular flexibility index (Phi) is 2.49. The topological polar surface area (TPSA) is 88.2 Å². The molecule has 18 heavy (non-hydrogen) atoms. The number of tetrazole rings is 1. The van der Waals surface area contributed by atoms with Crippen molar-refractivity contribution in [2.24, 2.45) is 0 Å². The second-order valence-electron chi connectivity index (χ2n) is 3.72. The molecule has 90 valence electrons. The highest BCUT2D eigenvalue weighted by atomic mass is 16.3. The largest absolute Gasteiger partial charge is 0.508 e. The number of hydrogen-bond donors (Lipinski definition) is 2. The maximum absolute atomic E-state index is 9.66. The predicted molar refractivity (Wildman–Crippen MR) is 64.0 cm³/mol. The molecule has 2 N–H and O–H groups in total. The summed E-state index contributed by atoms with van der Waals surface area (Å²) in [6.07, 6.45) is 3.20. The molecule has 2 heterocycles. The highest BCUT2D eigenvalue weighted by molar-refractivity contribution is 5.45. The van der Waals surface area contributed by atoms with Crippen molar-refractivity contribution in [2.45, 2.75) is 6.54 Å². The average Bonchev–Trinajstić information content (AvgIpc) is 2.86. The van der Waals surface area contributed by atoms with Crippen LogP contribution in [0.4, 0.5) is 5.82 Å². The van der Waals surface area contributed by atoms with Crippen LogP contribution in [0, 0.1) is 0 Å². The first-order valence-corrected chi connectivity index (χ1v) is 5.37. The molecule has 0 atom stereocenters. The molecule has 0 amide bonds. The number of fused-ring (bicyclic) bond motifs is 1. The van der Waals surface area contributed by atoms with Crippen molar-refractivity contribution < 1.29 is 5.11 Å². The smallest absolute Gasteiger partial charge is 0.199 e. The van der Waals surface area contributed by atoms with Gasteiger partial charge in [-0.1, -0.05) is 18.2 Å². The van der Waals surface area contributed by atoms with Gasteiger partial charge in [0, 0.05) is 12.1 Å². The van der Waals surface area contributed by atoms with E-state index in [0.717, 1.165) is 5.56 Å². The standard InChI is InChI=1S/C11H10N6O/c18-9-4-2-1-3-8(9)5-13-10-6-12-7-11-14-15-16-17(10)11/h1-4,6-7,13,18H,5H2. The molecule has 3 rings (SSSR count). The maximum atomic E-state index is 9.66. The highest BCUT2D eigenvalue weighted by Crippen LogP contribution is 2.17. The summed E-state index contributed by atoms with van der Waals surface area (Å²) in [6.45, 7) is 0.466. The van der Waals surface area contributed by atoms with Crippen LogP contribution in [0.15, 0.2) is 36.7 Å². The Hall–Kier alpha value is -2.70. The fourth-order valence-corrected chi connectivity index (χ4v) is 1.64. The van der Waals surface area contributed by atoms with Crippen LogP contribution >= 0.6 is 0 Å². The molecule has 0 radical (unpaired) electrons. The third-order valence-corrected chi connectivity index (χ3v) is 2.56. The van der Waals surface area contributed by atoms with Gasteiger partial charge < -0.3 is 10.4 Å². The number of aromatic hydroxyl groups is 1. The van der Waals surface area contributed by atoms with Crippen LogP contribution in [0.3, 0.4) is 0 Å². The van der Waals surface area contributed by atoms with Crippen molar-refractivity contribution >= 4 is 11.5 Å². The Morgan fingerprint density at radius 3 is 3.00 bits per heavy atom. The molecule has 0 saturated heterocycles. The van der Waals surface area contributed by atoms with E-state index >= 15 is 0 Å². The van der Waals surface area contributed by atoms with Crippen LogP contribution in [0.1, 0.15) is 5.56 Å². The summed E-state index contributed by atoms with van der Waals surface area (Å²) >= 11 is 0. The molecule has 0 aliphatic carbocycles. The lowest BCUT2D eigenvalue weighted by Crippen LogP contribution is -2.05. The Morgan fingerprint density at radius 2 is 2.11 bits per heavy atom. The van der Waals surface area contributed by atoms with Crippen LogP contribution in [0.5, 0.6) is 5.75 Å². The van der Waals surface area contributed by atoms with Crippen molar-refractivity contribution in [1.82, 2.24) is 25.0 Å². The van der Waals surface area contributed by atoms with Crippen LogP contribution in [0.25, 0.3) is 5.65 Å². The van der Waals surface area contributed by atoms with Crippen molar-refractivity contribution in [1.29, 1.82) is 0 Å². The second kappa shape index (κ2) is 4.28. The summed E-state index contributed by atoms with van der Waals surface area (Å²) in [5.74, 6) is 0.919. The van der Waals surface area contributed by atoms with Gasteiger partial charge in [-0.3, -0.25) is 4.98 Å². The van der Waals surface area contributed by atoms with Crippen LogP contribution < -0.4 is 5.32 Å². The van der Waals surface area contributed by atoms with Crippen molar-refractivity contribution in [3.63, 3.8) is 0 Å². The first-order valence-electron chi connectivity index (χ1n) is 5.37. The molecule has 2 aromatic heterocycles. The highest BCUT2D eigenvalue weighted by Gasteiger charge is 2.04. The maximum Gasteiger partial charge on any atom is 0.199 e. The van der Waals surface area contributed by atoms with Crippen LogP contribution in [0.2, 0.25) is 0 Å². The molecule has 3 aromatic rings. The summed E-state index contributed by atoms with van der Waals surface area (Å²) < 4.78 is 1.55. The van der Waals surface area contributed by atoms with Gasteiger partial charge in [0.2, 0.25) is 0 Å². The number of benzene rings is 1. The van der Waals surface area contributed by atoms with E-state index in [0.29, 0.717) is 18.0 Å². The van der Waals surface area contributed by atoms with Crippen molar-refractivity contribution in [3.05, 3.63) is 42.2 Å². The zero-order valence-electron chi connectivity index (χ0n) is 9.35. The van der Waals surface area contributed by atoms with Gasteiger partial charge in [-0.25, -0.2) is 0 Å². The minimum atomic E-state index is 0.252. The third kappa shape index (κ3) is 1.81. The van der Waals surface area contributed by atoms with Gasteiger partial charge >= 0.3 is 0 Å². The summed E-state index contributed by atoms with van der Waals surface area (Å²) in [4.78, 5) is 4.03. The minimum Gasteiger partial charge on any atom is -0.508 e. The number of rotatable bonds is 3. The number of hydrogen-bond acceptors (Lipinski definition) is 6. The number of phenolic OH excluding ortho intramolecular Hbond substituents is 1. The monoisotopic (exact) mass is 242 g/mol. The summed E-state index contributed by atoms with van der Waals surface area (Å²) in [6, 6.07) is 7.14. The third-order valence-electron chi connectivity index (χ3n) is 2.56. The molecule has 1 aromatic carbocycles. The molecule has 0 saturated carbocycles. The van der Waals surface area contributed by atoms with Crippen molar-refractivity contribution in [2.75, 3.05) is 5.32 Å². The average molecular weight is 242 g/mol. The molecule has 0 aliphatic rings. The van der Waals surface area contributed by atoms with E-state index in [9.17, 15) is 5.11 Å². The molecular weight excluding hydrogens is 232 g/mol. The lowest BCUT2D eigenvalue weighted by atomic mass is 10.2. The molecule has 0 spiro atoms. The van der Waals surface area contributed by atoms with E-state index in [4.69, 9.17) is 0 Å². The number of nitrogens with one attached hydrogen (secondary N) is 1. The second-order valence-corrected chi connectivity index (χ2v) is 3.72. The van der Waals surface area contributed by atoms with E-state index < -0.39 is 0 Å². The number of phenols is 1. The molecule has 0 bridgehead atoms. The van der Waals surface area contributed by atoms with Gasteiger partial charge in [-0.05, 0) is 16.5 Å². The molecule has 0 aliphatic heterocycles. The van der Waals surface area contributed by atoms with Gasteiger partial charge in [0.1, 0.15) is 5.75 Å². The van der Waals surface area contributed by atoms with E-state index in [2.05, 4.69) is 25.8 Å². The fraction of sp³-hybridized carbons (Fsp3) is 0.0909. The van der Waals surface area contributed by atoms with E-state index in [1.54, 1.807) is 29.0 Å². The van der Waals surface area contributed by atoms with Gasteiger partial charge in [0.15, 0.2) is 11.5 Å². The molecule has 0 unspecified atom stereocenters. The number of nitrogens with zero attached hydrogens (tertiary/aromatic N) is 5. The van der Waals surface area contributed by atoms with E-state index in [1.807, 2.05) is 12.1 Å². The molecule has 7 nitrogen and oxygen atoms in total. The lowest BCUT2D eigenvalue weighted by molar-refractivity contribution is 0.469. The first kappa shape index (κ1) is 10.5. The Morgan fingerprint density at radius 1 is 1.22 bits per heavy atom.